The largest absolute Gasteiger partial charge is 0.368 e. The first-order chi connectivity index (χ1) is 8.78. The Kier molecular flexibility index (Phi) is 3.22. The highest BCUT2D eigenvalue weighted by atomic mass is 15.3. The van der Waals surface area contributed by atoms with Crippen LogP contribution in [-0.2, 0) is 6.54 Å². The van der Waals surface area contributed by atoms with E-state index in [9.17, 15) is 0 Å². The van der Waals surface area contributed by atoms with Gasteiger partial charge in [-0.05, 0) is 32.4 Å². The number of rotatable bonds is 2. The molecule has 0 aromatic carbocycles. The minimum atomic E-state index is 0.577. The van der Waals surface area contributed by atoms with Crippen LogP contribution >= 0.6 is 0 Å². The molecule has 4 heteroatoms. The Labute approximate surface area is 109 Å². The monoisotopic (exact) mass is 246 g/mol. The third-order valence-electron chi connectivity index (χ3n) is 4.25. The van der Waals surface area contributed by atoms with Crippen LogP contribution in [0.1, 0.15) is 24.1 Å². The topological polar surface area (TPSA) is 45.4 Å². The average Bonchev–Trinajstić information content (AvgIpc) is 2.85. The third kappa shape index (κ3) is 2.10. The summed E-state index contributed by atoms with van der Waals surface area (Å²) >= 11 is 0. The Morgan fingerprint density at radius 3 is 3.11 bits per heavy atom. The number of anilines is 1. The fourth-order valence-corrected chi connectivity index (χ4v) is 3.24. The van der Waals surface area contributed by atoms with Crippen molar-refractivity contribution in [2.75, 3.05) is 31.1 Å². The smallest absolute Gasteiger partial charge is 0.0446 e. The Balaban J connectivity index is 1.84. The number of aromatic nitrogens is 1. The molecule has 98 valence electrons. The van der Waals surface area contributed by atoms with Crippen LogP contribution in [0.3, 0.4) is 0 Å². The SMILES string of the molecule is Cc1cc(N2CCN3CCCC3C2)c(CN)cn1. The second-order valence-electron chi connectivity index (χ2n) is 5.44. The van der Waals surface area contributed by atoms with Crippen molar-refractivity contribution in [2.24, 2.45) is 5.73 Å². The molecule has 1 aromatic rings. The standard InChI is InChI=1S/C14H22N4/c1-11-7-14(12(8-15)9-16-11)18-6-5-17-4-2-3-13(17)10-18/h7,9,13H,2-6,8,10,15H2,1H3. The maximum atomic E-state index is 5.84. The van der Waals surface area contributed by atoms with Crippen molar-refractivity contribution in [3.63, 3.8) is 0 Å². The molecule has 1 atom stereocenters. The zero-order valence-corrected chi connectivity index (χ0v) is 11.1. The molecule has 3 heterocycles. The number of hydrogen-bond acceptors (Lipinski definition) is 4. The highest BCUT2D eigenvalue weighted by Crippen LogP contribution is 2.27. The summed E-state index contributed by atoms with van der Waals surface area (Å²) < 4.78 is 0. The predicted molar refractivity (Wildman–Crippen MR) is 73.7 cm³/mol. The fraction of sp³-hybridized carbons (Fsp3) is 0.643. The van der Waals surface area contributed by atoms with Crippen LogP contribution in [0.15, 0.2) is 12.3 Å². The Morgan fingerprint density at radius 1 is 1.39 bits per heavy atom. The van der Waals surface area contributed by atoms with E-state index in [4.69, 9.17) is 5.73 Å². The molecule has 0 amide bonds. The first-order valence-electron chi connectivity index (χ1n) is 6.92. The Hall–Kier alpha value is -1.13. The summed E-state index contributed by atoms with van der Waals surface area (Å²) in [6.45, 7) is 7.38. The molecule has 0 spiro atoms. The number of nitrogens with zero attached hydrogens (tertiary/aromatic N) is 3. The Morgan fingerprint density at radius 2 is 2.28 bits per heavy atom. The zero-order valence-electron chi connectivity index (χ0n) is 11.1. The first-order valence-corrected chi connectivity index (χ1v) is 6.92. The van der Waals surface area contributed by atoms with Gasteiger partial charge in [-0.1, -0.05) is 0 Å². The summed E-state index contributed by atoms with van der Waals surface area (Å²) in [5.41, 5.74) is 9.39. The van der Waals surface area contributed by atoms with Crippen LogP contribution in [0, 0.1) is 6.92 Å². The average molecular weight is 246 g/mol. The van der Waals surface area contributed by atoms with Crippen molar-refractivity contribution >= 4 is 5.69 Å². The summed E-state index contributed by atoms with van der Waals surface area (Å²) in [7, 11) is 0. The number of aryl methyl sites for hydroxylation is 1. The van der Waals surface area contributed by atoms with E-state index in [1.54, 1.807) is 0 Å². The van der Waals surface area contributed by atoms with E-state index in [0.29, 0.717) is 6.54 Å². The van der Waals surface area contributed by atoms with Crippen molar-refractivity contribution in [2.45, 2.75) is 32.4 Å². The lowest BCUT2D eigenvalue weighted by Crippen LogP contribution is -2.50. The predicted octanol–water partition coefficient (Wildman–Crippen LogP) is 1.13. The van der Waals surface area contributed by atoms with Crippen LogP contribution in [0.4, 0.5) is 5.69 Å². The summed E-state index contributed by atoms with van der Waals surface area (Å²) in [6.07, 6.45) is 4.64. The molecule has 0 radical (unpaired) electrons. The highest BCUT2D eigenvalue weighted by Gasteiger charge is 2.31. The zero-order chi connectivity index (χ0) is 12.5. The van der Waals surface area contributed by atoms with Gasteiger partial charge in [0.25, 0.3) is 0 Å². The van der Waals surface area contributed by atoms with E-state index in [1.165, 1.54) is 37.2 Å². The number of nitrogens with two attached hydrogens (primary N) is 1. The van der Waals surface area contributed by atoms with Gasteiger partial charge in [-0.3, -0.25) is 9.88 Å². The number of fused-ring (bicyclic) bond motifs is 1. The van der Waals surface area contributed by atoms with Crippen molar-refractivity contribution in [1.29, 1.82) is 0 Å². The molecule has 3 rings (SSSR count). The molecule has 4 nitrogen and oxygen atoms in total. The van der Waals surface area contributed by atoms with Crippen molar-refractivity contribution in [3.05, 3.63) is 23.5 Å². The van der Waals surface area contributed by atoms with Crippen molar-refractivity contribution in [1.82, 2.24) is 9.88 Å². The molecule has 2 aliphatic rings. The molecule has 2 saturated heterocycles. The van der Waals surface area contributed by atoms with E-state index in [0.717, 1.165) is 24.8 Å². The normalized spacial score (nSPS) is 24.3. The molecule has 0 saturated carbocycles. The minimum Gasteiger partial charge on any atom is -0.368 e. The van der Waals surface area contributed by atoms with E-state index in [1.807, 2.05) is 6.20 Å². The second-order valence-corrected chi connectivity index (χ2v) is 5.44. The van der Waals surface area contributed by atoms with Gasteiger partial charge < -0.3 is 10.6 Å². The van der Waals surface area contributed by atoms with Crippen LogP contribution < -0.4 is 10.6 Å². The molecule has 1 unspecified atom stereocenters. The summed E-state index contributed by atoms with van der Waals surface area (Å²) in [6, 6.07) is 2.94. The molecule has 18 heavy (non-hydrogen) atoms. The van der Waals surface area contributed by atoms with Gasteiger partial charge in [0.1, 0.15) is 0 Å². The Bertz CT molecular complexity index is 432. The summed E-state index contributed by atoms with van der Waals surface area (Å²) in [4.78, 5) is 9.49. The van der Waals surface area contributed by atoms with Crippen LogP contribution in [-0.4, -0.2) is 42.1 Å². The molecule has 1 aromatic heterocycles. The fourth-order valence-electron chi connectivity index (χ4n) is 3.24. The van der Waals surface area contributed by atoms with E-state index >= 15 is 0 Å². The lowest BCUT2D eigenvalue weighted by molar-refractivity contribution is 0.231. The maximum absolute atomic E-state index is 5.84. The molecule has 0 bridgehead atoms. The van der Waals surface area contributed by atoms with Crippen LogP contribution in [0.5, 0.6) is 0 Å². The minimum absolute atomic E-state index is 0.577. The lowest BCUT2D eigenvalue weighted by Gasteiger charge is -2.39. The molecular weight excluding hydrogens is 224 g/mol. The van der Waals surface area contributed by atoms with Crippen molar-refractivity contribution in [3.8, 4) is 0 Å². The number of pyridine rings is 1. The van der Waals surface area contributed by atoms with E-state index < -0.39 is 0 Å². The van der Waals surface area contributed by atoms with Gasteiger partial charge >= 0.3 is 0 Å². The van der Waals surface area contributed by atoms with Gasteiger partial charge in [0.15, 0.2) is 0 Å². The molecule has 2 fully saturated rings. The highest BCUT2D eigenvalue weighted by molar-refractivity contribution is 5.54. The van der Waals surface area contributed by atoms with Gasteiger partial charge in [0, 0.05) is 55.4 Å². The molecule has 0 aliphatic carbocycles. The van der Waals surface area contributed by atoms with Gasteiger partial charge in [-0.2, -0.15) is 0 Å². The van der Waals surface area contributed by atoms with Crippen LogP contribution in [0.25, 0.3) is 0 Å². The quantitative estimate of drug-likeness (QED) is 0.850. The van der Waals surface area contributed by atoms with E-state index in [-0.39, 0.29) is 0 Å². The van der Waals surface area contributed by atoms with E-state index in [2.05, 4.69) is 27.8 Å². The first kappa shape index (κ1) is 11.9. The molecule has 2 aliphatic heterocycles. The van der Waals surface area contributed by atoms with Crippen LogP contribution in [0.2, 0.25) is 0 Å². The van der Waals surface area contributed by atoms with Gasteiger partial charge in [0.05, 0.1) is 0 Å². The van der Waals surface area contributed by atoms with Crippen molar-refractivity contribution < 1.29 is 0 Å². The third-order valence-corrected chi connectivity index (χ3v) is 4.25. The molecular formula is C14H22N4. The molecule has 2 N–H and O–H groups in total. The summed E-state index contributed by atoms with van der Waals surface area (Å²) in [5, 5.41) is 0. The van der Waals surface area contributed by atoms with Gasteiger partial charge in [0.2, 0.25) is 0 Å². The van der Waals surface area contributed by atoms with Gasteiger partial charge in [-0.25, -0.2) is 0 Å². The second kappa shape index (κ2) is 4.86. The summed E-state index contributed by atoms with van der Waals surface area (Å²) in [5.74, 6) is 0. The number of hydrogen-bond donors (Lipinski definition) is 1. The van der Waals surface area contributed by atoms with Gasteiger partial charge in [-0.15, -0.1) is 0 Å². The maximum Gasteiger partial charge on any atom is 0.0446 e. The lowest BCUT2D eigenvalue weighted by atomic mass is 10.1. The number of piperazine rings is 1.